The SMILES string of the molecule is O=C(CCC(F)(F)F)N1CC=C(c2cccn3nc(Nc4ccc(C5O[C@H]5N5CCCCC56CCCNC6)cc4)nc23)CC1. The van der Waals surface area contributed by atoms with Gasteiger partial charge in [0, 0.05) is 55.6 Å². The Morgan fingerprint density at radius 2 is 1.95 bits per heavy atom. The fourth-order valence-electron chi connectivity index (χ4n) is 7.15. The number of likely N-dealkylation sites (tertiary alicyclic amines) is 1. The zero-order valence-corrected chi connectivity index (χ0v) is 24.7. The molecule has 0 bridgehead atoms. The topological polar surface area (TPSA) is 90.3 Å². The highest BCUT2D eigenvalue weighted by atomic mass is 19.4. The smallest absolute Gasteiger partial charge is 0.348 e. The summed E-state index contributed by atoms with van der Waals surface area (Å²) in [7, 11) is 0. The summed E-state index contributed by atoms with van der Waals surface area (Å²) >= 11 is 0. The quantitative estimate of drug-likeness (QED) is 0.345. The average molecular weight is 610 g/mol. The van der Waals surface area contributed by atoms with Crippen molar-refractivity contribution < 1.29 is 22.7 Å². The summed E-state index contributed by atoms with van der Waals surface area (Å²) in [6, 6.07) is 12.1. The minimum Gasteiger partial charge on any atom is -0.348 e. The summed E-state index contributed by atoms with van der Waals surface area (Å²) < 4.78 is 45.6. The molecule has 3 aromatic rings. The van der Waals surface area contributed by atoms with E-state index in [0.717, 1.165) is 36.5 Å². The van der Waals surface area contributed by atoms with E-state index in [9.17, 15) is 18.0 Å². The fourth-order valence-corrected chi connectivity index (χ4v) is 7.15. The van der Waals surface area contributed by atoms with Gasteiger partial charge in [0.2, 0.25) is 11.9 Å². The fraction of sp³-hybridized carbons (Fsp3) is 0.531. The molecular weight excluding hydrogens is 571 g/mol. The van der Waals surface area contributed by atoms with E-state index in [2.05, 4.69) is 32.8 Å². The van der Waals surface area contributed by atoms with Crippen LogP contribution in [0.1, 0.15) is 68.6 Å². The molecule has 7 rings (SSSR count). The predicted molar refractivity (Wildman–Crippen MR) is 160 cm³/mol. The molecule has 1 amide bonds. The van der Waals surface area contributed by atoms with Crippen LogP contribution in [0.2, 0.25) is 0 Å². The second kappa shape index (κ2) is 11.8. The third-order valence-electron chi connectivity index (χ3n) is 9.51. The number of pyridine rings is 1. The molecule has 44 heavy (non-hydrogen) atoms. The van der Waals surface area contributed by atoms with Gasteiger partial charge in [-0.3, -0.25) is 9.69 Å². The van der Waals surface area contributed by atoms with Crippen molar-refractivity contribution in [1.82, 2.24) is 29.7 Å². The highest BCUT2D eigenvalue weighted by Crippen LogP contribution is 2.47. The normalized spacial score (nSPS) is 26.2. The number of nitrogens with one attached hydrogen (secondary N) is 2. The van der Waals surface area contributed by atoms with E-state index in [1.165, 1.54) is 42.6 Å². The molecule has 6 heterocycles. The molecule has 3 atom stereocenters. The molecule has 4 aliphatic heterocycles. The second-order valence-corrected chi connectivity index (χ2v) is 12.4. The van der Waals surface area contributed by atoms with E-state index in [4.69, 9.17) is 9.72 Å². The van der Waals surface area contributed by atoms with Crippen molar-refractivity contribution in [2.75, 3.05) is 38.0 Å². The molecule has 9 nitrogen and oxygen atoms in total. The van der Waals surface area contributed by atoms with Gasteiger partial charge in [0.15, 0.2) is 5.65 Å². The number of alkyl halides is 3. The Kier molecular flexibility index (Phi) is 7.84. The van der Waals surface area contributed by atoms with Gasteiger partial charge in [-0.1, -0.05) is 24.6 Å². The lowest BCUT2D eigenvalue weighted by Crippen LogP contribution is -2.60. The number of ether oxygens (including phenoxy) is 1. The summed E-state index contributed by atoms with van der Waals surface area (Å²) in [6.45, 7) is 3.91. The van der Waals surface area contributed by atoms with Crippen molar-refractivity contribution >= 4 is 28.8 Å². The molecule has 1 aromatic carbocycles. The van der Waals surface area contributed by atoms with Crippen molar-refractivity contribution in [1.29, 1.82) is 0 Å². The van der Waals surface area contributed by atoms with Crippen molar-refractivity contribution in [3.63, 3.8) is 0 Å². The lowest BCUT2D eigenvalue weighted by atomic mass is 9.80. The lowest BCUT2D eigenvalue weighted by Gasteiger charge is -2.49. The molecule has 2 aromatic heterocycles. The molecule has 3 saturated heterocycles. The number of aromatic nitrogens is 3. The maximum Gasteiger partial charge on any atom is 0.389 e. The third kappa shape index (κ3) is 6.07. The molecule has 0 radical (unpaired) electrons. The average Bonchev–Trinajstić information content (AvgIpc) is 3.71. The molecule has 12 heteroatoms. The number of carbonyl (C=O) groups is 1. The van der Waals surface area contributed by atoms with Crippen LogP contribution in [0.5, 0.6) is 0 Å². The summed E-state index contributed by atoms with van der Waals surface area (Å²) in [5, 5.41) is 11.5. The number of hydrogen-bond donors (Lipinski definition) is 2. The van der Waals surface area contributed by atoms with Gasteiger partial charge in [-0.2, -0.15) is 18.2 Å². The summed E-state index contributed by atoms with van der Waals surface area (Å²) in [5.74, 6) is -0.0114. The largest absolute Gasteiger partial charge is 0.389 e. The van der Waals surface area contributed by atoms with Crippen LogP contribution in [0.25, 0.3) is 11.2 Å². The van der Waals surface area contributed by atoms with Gasteiger partial charge in [-0.05, 0) is 74.1 Å². The molecule has 0 aliphatic carbocycles. The predicted octanol–water partition coefficient (Wildman–Crippen LogP) is 5.44. The first kappa shape index (κ1) is 29.2. The second-order valence-electron chi connectivity index (χ2n) is 12.4. The van der Waals surface area contributed by atoms with E-state index in [1.807, 2.05) is 36.5 Å². The number of amides is 1. The number of hydrogen-bond acceptors (Lipinski definition) is 7. The van der Waals surface area contributed by atoms with E-state index in [1.54, 1.807) is 4.52 Å². The molecule has 3 fully saturated rings. The van der Waals surface area contributed by atoms with Crippen LogP contribution in [0.3, 0.4) is 0 Å². The van der Waals surface area contributed by atoms with E-state index >= 15 is 0 Å². The van der Waals surface area contributed by atoms with E-state index in [-0.39, 0.29) is 24.4 Å². The Hall–Kier alpha value is -3.48. The number of anilines is 2. The van der Waals surface area contributed by atoms with Gasteiger partial charge in [-0.15, -0.1) is 5.10 Å². The minimum atomic E-state index is -4.33. The van der Waals surface area contributed by atoms with Gasteiger partial charge in [-0.25, -0.2) is 4.52 Å². The number of halogens is 3. The Morgan fingerprint density at radius 3 is 2.70 bits per heavy atom. The summed E-state index contributed by atoms with van der Waals surface area (Å²) in [6.07, 6.45) is 4.77. The van der Waals surface area contributed by atoms with Gasteiger partial charge < -0.3 is 20.3 Å². The van der Waals surface area contributed by atoms with Crippen molar-refractivity contribution in [3.05, 3.63) is 59.8 Å². The molecule has 234 valence electrons. The molecule has 0 saturated carbocycles. The van der Waals surface area contributed by atoms with E-state index < -0.39 is 24.9 Å². The Balaban J connectivity index is 0.995. The molecule has 1 spiro atoms. The Bertz CT molecular complexity index is 1520. The maximum absolute atomic E-state index is 12.5. The first-order valence-electron chi connectivity index (χ1n) is 15.7. The Labute approximate surface area is 254 Å². The van der Waals surface area contributed by atoms with Crippen molar-refractivity contribution in [2.45, 2.75) is 75.4 Å². The summed E-state index contributed by atoms with van der Waals surface area (Å²) in [5.41, 5.74) is 4.84. The van der Waals surface area contributed by atoms with Crippen LogP contribution in [0.15, 0.2) is 48.7 Å². The number of rotatable bonds is 7. The Morgan fingerprint density at radius 1 is 1.11 bits per heavy atom. The van der Waals surface area contributed by atoms with Gasteiger partial charge in [0.1, 0.15) is 12.3 Å². The zero-order chi connectivity index (χ0) is 30.3. The van der Waals surface area contributed by atoms with Crippen LogP contribution >= 0.6 is 0 Å². The number of benzene rings is 1. The maximum atomic E-state index is 12.5. The van der Waals surface area contributed by atoms with Crippen LogP contribution < -0.4 is 10.6 Å². The zero-order valence-electron chi connectivity index (χ0n) is 24.7. The van der Waals surface area contributed by atoms with Crippen LogP contribution in [0, 0.1) is 0 Å². The van der Waals surface area contributed by atoms with Gasteiger partial charge >= 0.3 is 6.18 Å². The van der Waals surface area contributed by atoms with Crippen LogP contribution in [-0.2, 0) is 9.53 Å². The first-order valence-corrected chi connectivity index (χ1v) is 15.7. The van der Waals surface area contributed by atoms with Gasteiger partial charge in [0.25, 0.3) is 0 Å². The molecule has 4 aliphatic rings. The molecular formula is C32H38F3N7O2. The number of fused-ring (bicyclic) bond motifs is 1. The first-order chi connectivity index (χ1) is 21.3. The van der Waals surface area contributed by atoms with Crippen LogP contribution in [-0.4, -0.2) is 81.0 Å². The highest BCUT2D eigenvalue weighted by molar-refractivity contribution is 5.81. The summed E-state index contributed by atoms with van der Waals surface area (Å²) in [4.78, 5) is 21.1. The van der Waals surface area contributed by atoms with Crippen molar-refractivity contribution in [2.24, 2.45) is 0 Å². The number of nitrogens with zero attached hydrogens (tertiary/aromatic N) is 5. The number of carbonyl (C=O) groups excluding carboxylic acids is 1. The van der Waals surface area contributed by atoms with Crippen molar-refractivity contribution in [3.8, 4) is 0 Å². The number of epoxide rings is 1. The monoisotopic (exact) mass is 609 g/mol. The minimum absolute atomic E-state index is 0.0939. The highest BCUT2D eigenvalue weighted by Gasteiger charge is 2.53. The van der Waals surface area contributed by atoms with E-state index in [0.29, 0.717) is 24.6 Å². The van der Waals surface area contributed by atoms with Crippen LogP contribution in [0.4, 0.5) is 24.8 Å². The molecule has 2 N–H and O–H groups in total. The molecule has 2 unspecified atom stereocenters. The standard InChI is InChI=1S/C32H38F3N7O2/c33-32(34,35)15-10-26(43)40-19-11-22(12-20-40)25-5-3-18-42-28(25)38-30(39-42)37-24-8-6-23(7-9-24)27-29(44-27)41-17-2-1-13-31(41)14-4-16-36-21-31/h3,5-9,11,18,27,29,36H,1-2,4,10,12-17,19-21H2,(H,37,39)/t27?,29-,31?/m1/s1. The lowest BCUT2D eigenvalue weighted by molar-refractivity contribution is -0.148. The number of piperidine rings is 2. The van der Waals surface area contributed by atoms with Gasteiger partial charge in [0.05, 0.1) is 6.42 Å². The third-order valence-corrected chi connectivity index (χ3v) is 9.51.